The Morgan fingerprint density at radius 3 is 2.42 bits per heavy atom. The lowest BCUT2D eigenvalue weighted by atomic mass is 9.87. The Morgan fingerprint density at radius 2 is 1.70 bits per heavy atom. The number of aromatic nitrogens is 2. The third-order valence-corrected chi connectivity index (χ3v) is 5.89. The second-order valence-corrected chi connectivity index (χ2v) is 9.36. The van der Waals surface area contributed by atoms with E-state index in [1.807, 2.05) is 36.4 Å². The predicted molar refractivity (Wildman–Crippen MR) is 133 cm³/mol. The summed E-state index contributed by atoms with van der Waals surface area (Å²) >= 11 is 6.16. The molecule has 4 rings (SSSR count). The molecular formula is C27H28ClN3O2. The molecule has 0 bridgehead atoms. The summed E-state index contributed by atoms with van der Waals surface area (Å²) in [7, 11) is 0. The number of amides is 1. The standard InChI is InChI=1S/C27H28ClN3O2/c1-27(2,3)19-12-14-20(15-13-19)33-17-16-31-24-11-7-6-10-23(24)30-25(31)18-29-26(32)21-8-4-5-9-22(21)28/h4-15H,16-18H2,1-3H3,(H,29,32). The summed E-state index contributed by atoms with van der Waals surface area (Å²) in [6.07, 6.45) is 0. The van der Waals surface area contributed by atoms with Crippen molar-refractivity contribution >= 4 is 28.5 Å². The van der Waals surface area contributed by atoms with Gasteiger partial charge in [-0.3, -0.25) is 4.79 Å². The lowest BCUT2D eigenvalue weighted by molar-refractivity contribution is 0.0949. The molecule has 1 N–H and O–H groups in total. The smallest absolute Gasteiger partial charge is 0.253 e. The van der Waals surface area contributed by atoms with E-state index >= 15 is 0 Å². The first-order valence-electron chi connectivity index (χ1n) is 11.0. The van der Waals surface area contributed by atoms with Crippen LogP contribution in [0.4, 0.5) is 0 Å². The van der Waals surface area contributed by atoms with Gasteiger partial charge in [0.15, 0.2) is 0 Å². The van der Waals surface area contributed by atoms with Crippen LogP contribution >= 0.6 is 11.6 Å². The normalized spacial score (nSPS) is 11.5. The number of para-hydroxylation sites is 2. The fourth-order valence-corrected chi connectivity index (χ4v) is 3.94. The molecule has 4 aromatic rings. The molecule has 170 valence electrons. The minimum atomic E-state index is -0.227. The van der Waals surface area contributed by atoms with E-state index in [4.69, 9.17) is 21.3 Å². The fraction of sp³-hybridized carbons (Fsp3) is 0.259. The number of hydrogen-bond donors (Lipinski definition) is 1. The van der Waals surface area contributed by atoms with Crippen molar-refractivity contribution < 1.29 is 9.53 Å². The van der Waals surface area contributed by atoms with Crippen LogP contribution < -0.4 is 10.1 Å². The number of rotatable bonds is 7. The highest BCUT2D eigenvalue weighted by molar-refractivity contribution is 6.33. The van der Waals surface area contributed by atoms with Crippen molar-refractivity contribution in [3.63, 3.8) is 0 Å². The van der Waals surface area contributed by atoms with Gasteiger partial charge >= 0.3 is 0 Å². The summed E-state index contributed by atoms with van der Waals surface area (Å²) in [5.41, 5.74) is 3.72. The van der Waals surface area contributed by atoms with Crippen LogP contribution in [-0.2, 0) is 18.5 Å². The molecule has 0 radical (unpaired) electrons. The van der Waals surface area contributed by atoms with Gasteiger partial charge in [0.1, 0.15) is 18.2 Å². The zero-order valence-electron chi connectivity index (χ0n) is 19.1. The number of fused-ring (bicyclic) bond motifs is 1. The summed E-state index contributed by atoms with van der Waals surface area (Å²) in [5, 5.41) is 3.36. The van der Waals surface area contributed by atoms with Crippen LogP contribution in [-0.4, -0.2) is 22.1 Å². The minimum Gasteiger partial charge on any atom is -0.492 e. The molecule has 0 aliphatic carbocycles. The summed E-state index contributed by atoms with van der Waals surface area (Å²) < 4.78 is 8.10. The summed E-state index contributed by atoms with van der Waals surface area (Å²) in [6, 6.07) is 23.2. The lowest BCUT2D eigenvalue weighted by Gasteiger charge is -2.19. The SMILES string of the molecule is CC(C)(C)c1ccc(OCCn2c(CNC(=O)c3ccccc3Cl)nc3ccccc32)cc1. The molecule has 1 heterocycles. The first-order chi connectivity index (χ1) is 15.8. The second-order valence-electron chi connectivity index (χ2n) is 8.95. The number of nitrogens with one attached hydrogen (secondary N) is 1. The van der Waals surface area contributed by atoms with Crippen LogP contribution in [0.2, 0.25) is 5.02 Å². The monoisotopic (exact) mass is 461 g/mol. The van der Waals surface area contributed by atoms with E-state index in [2.05, 4.69) is 42.8 Å². The van der Waals surface area contributed by atoms with Crippen molar-refractivity contribution in [1.82, 2.24) is 14.9 Å². The second kappa shape index (κ2) is 9.67. The number of halogens is 1. The van der Waals surface area contributed by atoms with Gasteiger partial charge in [-0.05, 0) is 47.4 Å². The van der Waals surface area contributed by atoms with Gasteiger partial charge in [0.05, 0.1) is 34.7 Å². The molecule has 0 fully saturated rings. The molecule has 0 spiro atoms. The number of carbonyl (C=O) groups is 1. The molecule has 6 heteroatoms. The molecule has 0 saturated heterocycles. The van der Waals surface area contributed by atoms with Gasteiger partial charge in [0.2, 0.25) is 0 Å². The number of ether oxygens (including phenoxy) is 1. The fourth-order valence-electron chi connectivity index (χ4n) is 3.72. The van der Waals surface area contributed by atoms with Crippen molar-refractivity contribution in [3.05, 3.63) is 94.8 Å². The van der Waals surface area contributed by atoms with Crippen LogP contribution in [0.25, 0.3) is 11.0 Å². The van der Waals surface area contributed by atoms with Crippen molar-refractivity contribution in [3.8, 4) is 5.75 Å². The van der Waals surface area contributed by atoms with E-state index in [1.54, 1.807) is 24.3 Å². The van der Waals surface area contributed by atoms with Gasteiger partial charge in [-0.25, -0.2) is 4.98 Å². The molecule has 5 nitrogen and oxygen atoms in total. The number of imidazole rings is 1. The van der Waals surface area contributed by atoms with Crippen molar-refractivity contribution in [2.24, 2.45) is 0 Å². The highest BCUT2D eigenvalue weighted by Crippen LogP contribution is 2.24. The van der Waals surface area contributed by atoms with Crippen LogP contribution in [0.3, 0.4) is 0 Å². The van der Waals surface area contributed by atoms with Gasteiger partial charge in [0, 0.05) is 0 Å². The molecule has 0 aliphatic rings. The maximum absolute atomic E-state index is 12.6. The largest absolute Gasteiger partial charge is 0.492 e. The number of hydrogen-bond acceptors (Lipinski definition) is 3. The molecule has 0 unspecified atom stereocenters. The number of carbonyl (C=O) groups excluding carboxylic acids is 1. The Hall–Kier alpha value is -3.31. The van der Waals surface area contributed by atoms with Gasteiger partial charge in [-0.1, -0.05) is 68.8 Å². The number of nitrogens with zero attached hydrogens (tertiary/aromatic N) is 2. The Labute approximate surface area is 199 Å². The Balaban J connectivity index is 1.46. The third-order valence-electron chi connectivity index (χ3n) is 5.56. The number of benzene rings is 3. The van der Waals surface area contributed by atoms with Crippen LogP contribution in [0.15, 0.2) is 72.8 Å². The van der Waals surface area contributed by atoms with Crippen molar-refractivity contribution in [2.45, 2.75) is 39.3 Å². The van der Waals surface area contributed by atoms with Crippen molar-refractivity contribution in [1.29, 1.82) is 0 Å². The average Bonchev–Trinajstić information content (AvgIpc) is 3.15. The van der Waals surface area contributed by atoms with Crippen LogP contribution in [0, 0.1) is 0 Å². The topological polar surface area (TPSA) is 56.1 Å². The zero-order chi connectivity index (χ0) is 23.4. The summed E-state index contributed by atoms with van der Waals surface area (Å²) in [5.74, 6) is 1.37. The van der Waals surface area contributed by atoms with Gasteiger partial charge < -0.3 is 14.6 Å². The van der Waals surface area contributed by atoms with Crippen LogP contribution in [0.1, 0.15) is 42.5 Å². The van der Waals surface area contributed by atoms with Crippen LogP contribution in [0.5, 0.6) is 5.75 Å². The molecule has 0 atom stereocenters. The van der Waals surface area contributed by atoms with E-state index in [9.17, 15) is 4.79 Å². The Morgan fingerprint density at radius 1 is 1.00 bits per heavy atom. The molecule has 0 saturated carbocycles. The molecule has 33 heavy (non-hydrogen) atoms. The highest BCUT2D eigenvalue weighted by Gasteiger charge is 2.15. The van der Waals surface area contributed by atoms with E-state index in [0.717, 1.165) is 22.6 Å². The maximum atomic E-state index is 12.6. The minimum absolute atomic E-state index is 0.109. The maximum Gasteiger partial charge on any atom is 0.253 e. The van der Waals surface area contributed by atoms with Gasteiger partial charge in [-0.2, -0.15) is 0 Å². The summed E-state index contributed by atoms with van der Waals surface area (Å²) in [4.78, 5) is 17.3. The van der Waals surface area contributed by atoms with Gasteiger partial charge in [-0.15, -0.1) is 0 Å². The Kier molecular flexibility index (Phi) is 6.70. The predicted octanol–water partition coefficient (Wildman–Crippen LogP) is 6.00. The van der Waals surface area contributed by atoms with E-state index in [1.165, 1.54) is 5.56 Å². The first kappa shape index (κ1) is 22.9. The van der Waals surface area contributed by atoms with Crippen molar-refractivity contribution in [2.75, 3.05) is 6.61 Å². The first-order valence-corrected chi connectivity index (χ1v) is 11.4. The molecule has 3 aromatic carbocycles. The average molecular weight is 462 g/mol. The molecule has 0 aliphatic heterocycles. The molecule has 1 aromatic heterocycles. The molecule has 1 amide bonds. The highest BCUT2D eigenvalue weighted by atomic mass is 35.5. The third kappa shape index (κ3) is 5.37. The molecular weight excluding hydrogens is 434 g/mol. The zero-order valence-corrected chi connectivity index (χ0v) is 19.9. The lowest BCUT2D eigenvalue weighted by Crippen LogP contribution is -2.25. The van der Waals surface area contributed by atoms with Gasteiger partial charge in [0.25, 0.3) is 5.91 Å². The van der Waals surface area contributed by atoms with E-state index in [-0.39, 0.29) is 11.3 Å². The summed E-state index contributed by atoms with van der Waals surface area (Å²) in [6.45, 7) is 7.97. The van der Waals surface area contributed by atoms with E-state index < -0.39 is 0 Å². The quantitative estimate of drug-likeness (QED) is 0.367. The van der Waals surface area contributed by atoms with E-state index in [0.29, 0.717) is 30.3 Å². The Bertz CT molecular complexity index is 1260.